The number of carbonyl (C=O) groups excluding carboxylic acids is 1. The third-order valence-electron chi connectivity index (χ3n) is 5.83. The highest BCUT2D eigenvalue weighted by Crippen LogP contribution is 2.42. The Morgan fingerprint density at radius 1 is 1.03 bits per heavy atom. The van der Waals surface area contributed by atoms with E-state index in [-0.39, 0.29) is 17.9 Å². The molecule has 0 aliphatic carbocycles. The second-order valence-corrected chi connectivity index (χ2v) is 8.20. The van der Waals surface area contributed by atoms with Gasteiger partial charge in [-0.2, -0.15) is 0 Å². The monoisotopic (exact) mass is 472 g/mol. The number of thiocarbonyl (C=S) groups is 1. The molecule has 1 aliphatic heterocycles. The maximum atomic E-state index is 13.7. The van der Waals surface area contributed by atoms with E-state index in [2.05, 4.69) is 10.3 Å². The lowest BCUT2D eigenvalue weighted by Gasteiger charge is -2.29. The van der Waals surface area contributed by atoms with E-state index in [0.29, 0.717) is 10.7 Å². The number of nitrogens with zero attached hydrogens (tertiary/aromatic N) is 3. The van der Waals surface area contributed by atoms with Crippen molar-refractivity contribution in [1.29, 1.82) is 0 Å². The maximum absolute atomic E-state index is 13.7. The second kappa shape index (κ2) is 9.07. The number of carbonyl (C=O) groups is 1. The summed E-state index contributed by atoms with van der Waals surface area (Å²) in [6, 6.07) is 22.7. The van der Waals surface area contributed by atoms with E-state index in [1.54, 1.807) is 30.5 Å². The predicted octanol–water partition coefficient (Wildman–Crippen LogP) is 4.98. The second-order valence-electron chi connectivity index (χ2n) is 7.82. The van der Waals surface area contributed by atoms with Crippen molar-refractivity contribution in [3.63, 3.8) is 0 Å². The zero-order valence-electron chi connectivity index (χ0n) is 18.3. The Balaban J connectivity index is 1.65. The molecule has 2 atom stereocenters. The van der Waals surface area contributed by atoms with Gasteiger partial charge in [-0.3, -0.25) is 4.98 Å². The molecule has 5 rings (SSSR count). The van der Waals surface area contributed by atoms with E-state index in [1.165, 1.54) is 19.2 Å². The van der Waals surface area contributed by atoms with Crippen molar-refractivity contribution in [2.75, 3.05) is 12.0 Å². The first-order valence-electron chi connectivity index (χ1n) is 10.7. The molecule has 0 radical (unpaired) electrons. The minimum absolute atomic E-state index is 0.254. The fourth-order valence-electron chi connectivity index (χ4n) is 4.31. The molecule has 3 heterocycles. The number of pyridine rings is 1. The quantitative estimate of drug-likeness (QED) is 0.327. The van der Waals surface area contributed by atoms with Crippen LogP contribution in [-0.4, -0.2) is 27.7 Å². The van der Waals surface area contributed by atoms with Crippen LogP contribution in [0.1, 0.15) is 33.8 Å². The van der Waals surface area contributed by atoms with E-state index in [4.69, 9.17) is 17.0 Å². The normalized spacial score (nSPS) is 17.5. The van der Waals surface area contributed by atoms with Crippen molar-refractivity contribution in [3.8, 4) is 5.69 Å². The van der Waals surface area contributed by atoms with Crippen LogP contribution < -0.4 is 10.2 Å². The number of benzene rings is 2. The van der Waals surface area contributed by atoms with Crippen LogP contribution in [-0.2, 0) is 4.74 Å². The van der Waals surface area contributed by atoms with Gasteiger partial charge < -0.3 is 19.5 Å². The number of aromatic nitrogens is 2. The highest BCUT2D eigenvalue weighted by Gasteiger charge is 2.42. The van der Waals surface area contributed by atoms with Crippen LogP contribution in [0.3, 0.4) is 0 Å². The van der Waals surface area contributed by atoms with Gasteiger partial charge in [-0.15, -0.1) is 0 Å². The number of hydrogen-bond acceptors (Lipinski definition) is 4. The summed E-state index contributed by atoms with van der Waals surface area (Å²) in [4.78, 5) is 18.7. The van der Waals surface area contributed by atoms with Crippen molar-refractivity contribution >= 4 is 29.0 Å². The van der Waals surface area contributed by atoms with Gasteiger partial charge in [0.15, 0.2) is 5.11 Å². The largest absolute Gasteiger partial charge is 0.465 e. The topological polar surface area (TPSA) is 59.4 Å². The number of ether oxygens (including phenoxy) is 1. The smallest absolute Gasteiger partial charge is 0.337 e. The van der Waals surface area contributed by atoms with Crippen LogP contribution in [0.5, 0.6) is 0 Å². The summed E-state index contributed by atoms with van der Waals surface area (Å²) in [5, 5.41) is 3.92. The Bertz CT molecular complexity index is 1340. The molecule has 0 spiro atoms. The molecular weight excluding hydrogens is 451 g/mol. The number of hydrogen-bond donors (Lipinski definition) is 1. The van der Waals surface area contributed by atoms with Crippen molar-refractivity contribution in [1.82, 2.24) is 14.9 Å². The fourth-order valence-corrected chi connectivity index (χ4v) is 4.65. The van der Waals surface area contributed by atoms with Crippen LogP contribution in [0.25, 0.3) is 5.69 Å². The maximum Gasteiger partial charge on any atom is 0.337 e. The van der Waals surface area contributed by atoms with Gasteiger partial charge in [0.1, 0.15) is 11.9 Å². The molecule has 0 saturated carbocycles. The van der Waals surface area contributed by atoms with E-state index >= 15 is 0 Å². The number of rotatable bonds is 5. The van der Waals surface area contributed by atoms with Crippen LogP contribution in [0.15, 0.2) is 91.3 Å². The summed E-state index contributed by atoms with van der Waals surface area (Å²) in [5.41, 5.74) is 3.78. The minimum Gasteiger partial charge on any atom is -0.465 e. The molecule has 6 nitrogen and oxygen atoms in total. The van der Waals surface area contributed by atoms with Crippen molar-refractivity contribution in [3.05, 3.63) is 114 Å². The molecule has 34 heavy (non-hydrogen) atoms. The molecule has 1 fully saturated rings. The van der Waals surface area contributed by atoms with Crippen molar-refractivity contribution in [2.45, 2.75) is 12.1 Å². The highest BCUT2D eigenvalue weighted by atomic mass is 32.1. The summed E-state index contributed by atoms with van der Waals surface area (Å²) in [6.45, 7) is 0. The molecular formula is C26H21FN4O2S. The number of halogens is 1. The van der Waals surface area contributed by atoms with Crippen LogP contribution in [0.4, 0.5) is 10.1 Å². The molecule has 1 saturated heterocycles. The Labute approximate surface area is 201 Å². The first kappa shape index (κ1) is 21.8. The predicted molar refractivity (Wildman–Crippen MR) is 131 cm³/mol. The summed E-state index contributed by atoms with van der Waals surface area (Å²) in [7, 11) is 1.36. The van der Waals surface area contributed by atoms with Crippen LogP contribution in [0, 0.1) is 5.82 Å². The Morgan fingerprint density at radius 3 is 2.59 bits per heavy atom. The Kier molecular flexibility index (Phi) is 5.81. The third-order valence-corrected chi connectivity index (χ3v) is 6.15. The van der Waals surface area contributed by atoms with E-state index in [9.17, 15) is 9.18 Å². The van der Waals surface area contributed by atoms with Gasteiger partial charge in [0.25, 0.3) is 0 Å². The molecule has 2 aromatic heterocycles. The third kappa shape index (κ3) is 3.92. The van der Waals surface area contributed by atoms with Gasteiger partial charge >= 0.3 is 5.97 Å². The average molecular weight is 473 g/mol. The molecule has 1 aliphatic rings. The van der Waals surface area contributed by atoms with Crippen molar-refractivity contribution in [2.24, 2.45) is 0 Å². The first-order valence-corrected chi connectivity index (χ1v) is 11.1. The Morgan fingerprint density at radius 2 is 1.85 bits per heavy atom. The van der Waals surface area contributed by atoms with Gasteiger partial charge in [-0.25, -0.2) is 9.18 Å². The summed E-state index contributed by atoms with van der Waals surface area (Å²) in [5.74, 6) is -0.721. The number of esters is 1. The minimum atomic E-state index is -0.404. The molecule has 0 amide bonds. The summed E-state index contributed by atoms with van der Waals surface area (Å²) >= 11 is 5.74. The standard InChI is InChI=1S/C26H21FN4O2S/c1-33-25(32)17-6-4-7-20(16-17)30-15-5-9-22(30)24-23(21-8-2-3-14-28-21)29-26(34)31(24)19-12-10-18(27)11-13-19/h2-16,23-24H,1H3,(H,29,34). The molecule has 2 aromatic carbocycles. The number of methoxy groups -OCH3 is 1. The van der Waals surface area contributed by atoms with Crippen LogP contribution in [0.2, 0.25) is 0 Å². The Hall–Kier alpha value is -4.04. The van der Waals surface area contributed by atoms with E-state index in [1.807, 2.05) is 58.1 Å². The van der Waals surface area contributed by atoms with Gasteiger partial charge in [0, 0.05) is 29.5 Å². The fraction of sp³-hybridized carbons (Fsp3) is 0.115. The zero-order chi connectivity index (χ0) is 23.7. The molecule has 2 unspecified atom stereocenters. The lowest BCUT2D eigenvalue weighted by atomic mass is 10.0. The molecule has 0 bridgehead atoms. The average Bonchev–Trinajstić information content (AvgIpc) is 3.49. The SMILES string of the molecule is COC(=O)c1cccc(-n2cccc2C2C(c3ccccn3)NC(=S)N2c2ccc(F)cc2)c1. The highest BCUT2D eigenvalue weighted by molar-refractivity contribution is 7.80. The first-order chi connectivity index (χ1) is 16.6. The van der Waals surface area contributed by atoms with Gasteiger partial charge in [-0.1, -0.05) is 12.1 Å². The lowest BCUT2D eigenvalue weighted by Crippen LogP contribution is -2.30. The molecule has 1 N–H and O–H groups in total. The molecule has 8 heteroatoms. The number of anilines is 1. The lowest BCUT2D eigenvalue weighted by molar-refractivity contribution is 0.0600. The summed E-state index contributed by atoms with van der Waals surface area (Å²) < 4.78 is 20.6. The van der Waals surface area contributed by atoms with E-state index in [0.717, 1.165) is 22.8 Å². The van der Waals surface area contributed by atoms with Gasteiger partial charge in [-0.05, 0) is 78.9 Å². The number of nitrogens with one attached hydrogen (secondary N) is 1. The van der Waals surface area contributed by atoms with Gasteiger partial charge in [0.05, 0.1) is 24.4 Å². The van der Waals surface area contributed by atoms with E-state index < -0.39 is 5.97 Å². The molecule has 4 aromatic rings. The van der Waals surface area contributed by atoms with Gasteiger partial charge in [0.2, 0.25) is 0 Å². The zero-order valence-corrected chi connectivity index (χ0v) is 19.1. The summed E-state index contributed by atoms with van der Waals surface area (Å²) in [6.07, 6.45) is 3.68. The van der Waals surface area contributed by atoms with Crippen molar-refractivity contribution < 1.29 is 13.9 Å². The molecule has 170 valence electrons. The van der Waals surface area contributed by atoms with Crippen LogP contribution >= 0.6 is 12.2 Å².